The van der Waals surface area contributed by atoms with Gasteiger partial charge in [-0.15, -0.1) is 11.6 Å². The molecule has 0 atom stereocenters. The number of halogens is 1. The Kier molecular flexibility index (Phi) is 3.73. The Labute approximate surface area is 96.2 Å². The molecule has 5 nitrogen and oxygen atoms in total. The van der Waals surface area contributed by atoms with Gasteiger partial charge in [0.2, 0.25) is 0 Å². The van der Waals surface area contributed by atoms with Gasteiger partial charge in [0.1, 0.15) is 0 Å². The minimum absolute atomic E-state index is 0.113. The van der Waals surface area contributed by atoms with E-state index in [9.17, 15) is 19.7 Å². The lowest BCUT2D eigenvalue weighted by molar-refractivity contribution is -0.385. The van der Waals surface area contributed by atoms with Gasteiger partial charge in [0.15, 0.2) is 12.1 Å². The summed E-state index contributed by atoms with van der Waals surface area (Å²) in [6.07, 6.45) is 0.357. The number of aryl methyl sites for hydroxylation is 1. The van der Waals surface area contributed by atoms with Crippen LogP contribution >= 0.6 is 11.6 Å². The zero-order valence-electron chi connectivity index (χ0n) is 8.40. The average Bonchev–Trinajstić information content (AvgIpc) is 2.26. The number of Topliss-reactive ketones (excluding diaryl/α,β-unsaturated/α-hetero) is 1. The summed E-state index contributed by atoms with van der Waals surface area (Å²) < 4.78 is 0. The molecule has 1 rings (SSSR count). The molecule has 6 heteroatoms. The maximum atomic E-state index is 11.3. The molecule has 0 N–H and O–H groups in total. The third kappa shape index (κ3) is 2.25. The van der Waals surface area contributed by atoms with Gasteiger partial charge in [0, 0.05) is 11.1 Å². The van der Waals surface area contributed by atoms with Gasteiger partial charge >= 0.3 is 0 Å². The summed E-state index contributed by atoms with van der Waals surface area (Å²) in [7, 11) is 0. The second kappa shape index (κ2) is 4.85. The zero-order valence-corrected chi connectivity index (χ0v) is 9.15. The predicted molar refractivity (Wildman–Crippen MR) is 58.3 cm³/mol. The van der Waals surface area contributed by atoms with Crippen LogP contribution in [0.4, 0.5) is 5.69 Å². The highest BCUT2D eigenvalue weighted by Crippen LogP contribution is 2.24. The van der Waals surface area contributed by atoms with E-state index < -0.39 is 4.92 Å². The highest BCUT2D eigenvalue weighted by atomic mass is 35.5. The van der Waals surface area contributed by atoms with E-state index in [-0.39, 0.29) is 34.0 Å². The molecule has 0 saturated carbocycles. The molecule has 0 aliphatic heterocycles. The van der Waals surface area contributed by atoms with Crippen LogP contribution in [0.15, 0.2) is 12.1 Å². The van der Waals surface area contributed by atoms with E-state index in [1.807, 2.05) is 0 Å². The summed E-state index contributed by atoms with van der Waals surface area (Å²) in [6, 6.07) is 2.54. The molecule has 0 radical (unpaired) electrons. The Morgan fingerprint density at radius 3 is 2.62 bits per heavy atom. The summed E-state index contributed by atoms with van der Waals surface area (Å²) in [4.78, 5) is 32.0. The third-order valence-corrected chi connectivity index (χ3v) is 2.33. The van der Waals surface area contributed by atoms with Crippen molar-refractivity contribution in [2.45, 2.75) is 6.92 Å². The Hall–Kier alpha value is -1.75. The zero-order chi connectivity index (χ0) is 12.3. The van der Waals surface area contributed by atoms with Gasteiger partial charge in [-0.05, 0) is 19.1 Å². The number of nitrogens with zero attached hydrogens (tertiary/aromatic N) is 1. The number of rotatable bonds is 4. The van der Waals surface area contributed by atoms with Crippen LogP contribution in [-0.4, -0.2) is 22.9 Å². The van der Waals surface area contributed by atoms with Crippen molar-refractivity contribution in [3.63, 3.8) is 0 Å². The van der Waals surface area contributed by atoms with Crippen LogP contribution < -0.4 is 0 Å². The van der Waals surface area contributed by atoms with E-state index in [0.717, 1.165) is 0 Å². The maximum absolute atomic E-state index is 11.3. The predicted octanol–water partition coefficient (Wildman–Crippen LogP) is 2.14. The molecule has 0 spiro atoms. The molecule has 1 aromatic rings. The van der Waals surface area contributed by atoms with Gasteiger partial charge < -0.3 is 0 Å². The minimum atomic E-state index is -0.645. The monoisotopic (exact) mass is 241 g/mol. The van der Waals surface area contributed by atoms with E-state index in [0.29, 0.717) is 6.29 Å². The smallest absolute Gasteiger partial charge is 0.282 e. The van der Waals surface area contributed by atoms with Gasteiger partial charge in [-0.1, -0.05) is 0 Å². The summed E-state index contributed by atoms with van der Waals surface area (Å²) >= 11 is 5.36. The number of nitro benzene ring substituents is 1. The van der Waals surface area contributed by atoms with Crippen LogP contribution in [0, 0.1) is 17.0 Å². The normalized spacial score (nSPS) is 9.88. The topological polar surface area (TPSA) is 77.3 Å². The van der Waals surface area contributed by atoms with Crippen LogP contribution in [0.3, 0.4) is 0 Å². The van der Waals surface area contributed by atoms with E-state index in [1.165, 1.54) is 19.1 Å². The van der Waals surface area contributed by atoms with Crippen LogP contribution in [-0.2, 0) is 0 Å². The van der Waals surface area contributed by atoms with E-state index in [2.05, 4.69) is 0 Å². The molecule has 0 aliphatic rings. The van der Waals surface area contributed by atoms with Crippen LogP contribution in [0.25, 0.3) is 0 Å². The fourth-order valence-corrected chi connectivity index (χ4v) is 1.54. The number of benzene rings is 1. The number of nitro groups is 1. The molecule has 84 valence electrons. The molecule has 0 aliphatic carbocycles. The lowest BCUT2D eigenvalue weighted by Gasteiger charge is -2.03. The first-order valence-electron chi connectivity index (χ1n) is 4.34. The highest BCUT2D eigenvalue weighted by Gasteiger charge is 2.19. The number of aldehydes is 1. The van der Waals surface area contributed by atoms with Crippen molar-refractivity contribution in [1.82, 2.24) is 0 Å². The van der Waals surface area contributed by atoms with Crippen molar-refractivity contribution in [1.29, 1.82) is 0 Å². The SMILES string of the molecule is Cc1cc(C(=O)CCl)cc(C=O)c1[N+](=O)[O-]. The lowest BCUT2D eigenvalue weighted by Crippen LogP contribution is -2.05. The third-order valence-electron chi connectivity index (χ3n) is 2.08. The fourth-order valence-electron chi connectivity index (χ4n) is 1.38. The second-order valence-electron chi connectivity index (χ2n) is 3.16. The number of alkyl halides is 1. The Morgan fingerprint density at radius 2 is 2.19 bits per heavy atom. The van der Waals surface area contributed by atoms with Gasteiger partial charge in [-0.2, -0.15) is 0 Å². The summed E-state index contributed by atoms with van der Waals surface area (Å²) in [5, 5.41) is 10.7. The van der Waals surface area contributed by atoms with Crippen molar-refractivity contribution in [3.8, 4) is 0 Å². The Balaban J connectivity index is 3.43. The molecular weight excluding hydrogens is 234 g/mol. The van der Waals surface area contributed by atoms with E-state index in [1.54, 1.807) is 0 Å². The molecule has 0 amide bonds. The molecule has 16 heavy (non-hydrogen) atoms. The van der Waals surface area contributed by atoms with Crippen molar-refractivity contribution in [2.24, 2.45) is 0 Å². The molecule has 0 saturated heterocycles. The van der Waals surface area contributed by atoms with Gasteiger partial charge in [-0.25, -0.2) is 0 Å². The first-order valence-corrected chi connectivity index (χ1v) is 4.88. The van der Waals surface area contributed by atoms with Crippen LogP contribution in [0.5, 0.6) is 0 Å². The molecule has 0 heterocycles. The minimum Gasteiger partial charge on any atom is -0.298 e. The van der Waals surface area contributed by atoms with Crippen molar-refractivity contribution < 1.29 is 14.5 Å². The van der Waals surface area contributed by atoms with E-state index >= 15 is 0 Å². The van der Waals surface area contributed by atoms with E-state index in [4.69, 9.17) is 11.6 Å². The summed E-state index contributed by atoms with van der Waals surface area (Å²) in [5.74, 6) is -0.599. The van der Waals surface area contributed by atoms with Crippen LogP contribution in [0.1, 0.15) is 26.3 Å². The first kappa shape index (κ1) is 12.3. The average molecular weight is 242 g/mol. The molecule has 1 aromatic carbocycles. The summed E-state index contributed by atoms with van der Waals surface area (Å²) in [5.41, 5.74) is 0.0860. The quantitative estimate of drug-likeness (QED) is 0.266. The summed E-state index contributed by atoms with van der Waals surface area (Å²) in [6.45, 7) is 1.47. The van der Waals surface area contributed by atoms with Crippen molar-refractivity contribution >= 4 is 29.4 Å². The largest absolute Gasteiger partial charge is 0.298 e. The molecule has 0 aromatic heterocycles. The second-order valence-corrected chi connectivity index (χ2v) is 3.43. The van der Waals surface area contributed by atoms with Crippen LogP contribution in [0.2, 0.25) is 0 Å². The first-order chi connectivity index (χ1) is 7.51. The number of carbonyl (C=O) groups is 2. The van der Waals surface area contributed by atoms with Crippen molar-refractivity contribution in [2.75, 3.05) is 5.88 Å². The number of hydrogen-bond donors (Lipinski definition) is 0. The number of carbonyl (C=O) groups excluding carboxylic acids is 2. The molecule has 0 bridgehead atoms. The maximum Gasteiger partial charge on any atom is 0.282 e. The fraction of sp³-hybridized carbons (Fsp3) is 0.200. The highest BCUT2D eigenvalue weighted by molar-refractivity contribution is 6.30. The Bertz CT molecular complexity index is 470. The standard InChI is InChI=1S/C10H8ClNO4/c1-6-2-7(9(14)4-11)3-8(5-13)10(6)12(15)16/h2-3,5H,4H2,1H3. The number of ketones is 1. The van der Waals surface area contributed by atoms with Gasteiger partial charge in [-0.3, -0.25) is 19.7 Å². The van der Waals surface area contributed by atoms with Gasteiger partial charge in [0.05, 0.1) is 16.4 Å². The molecular formula is C10H8ClNO4. The lowest BCUT2D eigenvalue weighted by atomic mass is 10.0. The van der Waals surface area contributed by atoms with Gasteiger partial charge in [0.25, 0.3) is 5.69 Å². The molecule has 0 fully saturated rings. The number of hydrogen-bond acceptors (Lipinski definition) is 4. The molecule has 0 unspecified atom stereocenters. The Morgan fingerprint density at radius 1 is 1.56 bits per heavy atom. The van der Waals surface area contributed by atoms with Crippen molar-refractivity contribution in [3.05, 3.63) is 38.9 Å².